The van der Waals surface area contributed by atoms with Crippen LogP contribution in [0, 0.1) is 0 Å². The van der Waals surface area contributed by atoms with Gasteiger partial charge in [-0.25, -0.2) is 13.2 Å². The van der Waals surface area contributed by atoms with Gasteiger partial charge in [0.25, 0.3) is 0 Å². The highest BCUT2D eigenvalue weighted by Gasteiger charge is 2.22. The first-order valence-electron chi connectivity index (χ1n) is 7.26. The van der Waals surface area contributed by atoms with Crippen molar-refractivity contribution >= 4 is 44.9 Å². The van der Waals surface area contributed by atoms with Gasteiger partial charge in [0, 0.05) is 16.2 Å². The van der Waals surface area contributed by atoms with Gasteiger partial charge in [0.15, 0.2) is 0 Å². The lowest BCUT2D eigenvalue weighted by Crippen LogP contribution is -2.32. The highest BCUT2D eigenvalue weighted by Crippen LogP contribution is 2.28. The van der Waals surface area contributed by atoms with Gasteiger partial charge >= 0.3 is 5.97 Å². The largest absolute Gasteiger partial charge is 0.465 e. The topological polar surface area (TPSA) is 76.6 Å². The Bertz CT molecular complexity index is 850. The van der Waals surface area contributed by atoms with E-state index in [0.717, 1.165) is 0 Å². The Morgan fingerprint density at radius 2 is 1.84 bits per heavy atom. The second-order valence-electron chi connectivity index (χ2n) is 5.06. The van der Waals surface area contributed by atoms with E-state index in [1.54, 1.807) is 13.0 Å². The number of halogens is 2. The van der Waals surface area contributed by atoms with E-state index in [1.807, 2.05) is 0 Å². The quantitative estimate of drug-likeness (QED) is 0.690. The van der Waals surface area contributed by atoms with Crippen molar-refractivity contribution < 1.29 is 17.9 Å². The number of nitrogens with zero attached hydrogens (tertiary/aromatic N) is 2. The van der Waals surface area contributed by atoms with Crippen LogP contribution >= 0.6 is 23.2 Å². The van der Waals surface area contributed by atoms with Crippen LogP contribution in [0.1, 0.15) is 23.0 Å². The molecule has 0 saturated heterocycles. The number of methoxy groups -OCH3 is 1. The minimum absolute atomic E-state index is 0.0195. The van der Waals surface area contributed by atoms with Gasteiger partial charge in [-0.1, -0.05) is 23.2 Å². The molecule has 0 amide bonds. The number of anilines is 1. The number of sulfonamides is 1. The Morgan fingerprint density at radius 1 is 1.20 bits per heavy atom. The van der Waals surface area contributed by atoms with Gasteiger partial charge in [0.2, 0.25) is 10.0 Å². The van der Waals surface area contributed by atoms with E-state index in [4.69, 9.17) is 23.2 Å². The van der Waals surface area contributed by atoms with Gasteiger partial charge in [-0.3, -0.25) is 9.29 Å². The summed E-state index contributed by atoms with van der Waals surface area (Å²) in [6, 6.07) is 7.64. The minimum atomic E-state index is -3.59. The van der Waals surface area contributed by atoms with Crippen molar-refractivity contribution in [3.8, 4) is 0 Å². The molecule has 0 saturated carbocycles. The van der Waals surface area contributed by atoms with Gasteiger partial charge < -0.3 is 4.74 Å². The van der Waals surface area contributed by atoms with E-state index < -0.39 is 16.0 Å². The molecule has 0 spiro atoms. The Morgan fingerprint density at radius 3 is 2.32 bits per heavy atom. The highest BCUT2D eigenvalue weighted by atomic mass is 35.5. The highest BCUT2D eigenvalue weighted by molar-refractivity contribution is 7.92. The average Bonchev–Trinajstić information content (AvgIpc) is 2.58. The summed E-state index contributed by atoms with van der Waals surface area (Å²) >= 11 is 12.0. The molecule has 1 heterocycles. The molecule has 0 unspecified atom stereocenters. The van der Waals surface area contributed by atoms with Crippen LogP contribution in [0.4, 0.5) is 5.69 Å². The van der Waals surface area contributed by atoms with Crippen LogP contribution in [-0.2, 0) is 21.3 Å². The van der Waals surface area contributed by atoms with Crippen molar-refractivity contribution in [2.75, 3.05) is 17.2 Å². The van der Waals surface area contributed by atoms with Crippen molar-refractivity contribution in [3.05, 3.63) is 57.8 Å². The lowest BCUT2D eigenvalue weighted by atomic mass is 10.2. The Labute approximate surface area is 156 Å². The summed E-state index contributed by atoms with van der Waals surface area (Å²) in [5, 5.41) is 0.653. The zero-order valence-electron chi connectivity index (χ0n) is 13.6. The van der Waals surface area contributed by atoms with Crippen LogP contribution in [0.2, 0.25) is 10.0 Å². The van der Waals surface area contributed by atoms with Gasteiger partial charge in [0.1, 0.15) is 0 Å². The number of ether oxygens (including phenoxy) is 1. The second-order valence-corrected chi connectivity index (χ2v) is 8.12. The van der Waals surface area contributed by atoms with Crippen molar-refractivity contribution in [1.82, 2.24) is 4.98 Å². The smallest absolute Gasteiger partial charge is 0.339 e. The van der Waals surface area contributed by atoms with Crippen LogP contribution < -0.4 is 4.31 Å². The molecule has 0 atom stereocenters. The molecule has 1 aromatic heterocycles. The van der Waals surface area contributed by atoms with Gasteiger partial charge in [-0.05, 0) is 37.3 Å². The van der Waals surface area contributed by atoms with Gasteiger partial charge in [-0.15, -0.1) is 0 Å². The SMILES string of the molecule is CCS(=O)(=O)N(Cc1ccc(C(=O)OC)cn1)c1cc(Cl)cc(Cl)c1. The molecular formula is C16H16Cl2N2O4S. The summed E-state index contributed by atoms with van der Waals surface area (Å²) in [7, 11) is -2.32. The van der Waals surface area contributed by atoms with E-state index in [9.17, 15) is 13.2 Å². The normalized spacial score (nSPS) is 11.2. The number of hydrogen-bond donors (Lipinski definition) is 0. The van der Waals surface area contributed by atoms with Crippen LogP contribution in [0.3, 0.4) is 0 Å². The number of carbonyl (C=O) groups is 1. The third kappa shape index (κ3) is 4.84. The van der Waals surface area contributed by atoms with Crippen molar-refractivity contribution in [2.24, 2.45) is 0 Å². The summed E-state index contributed by atoms with van der Waals surface area (Å²) in [4.78, 5) is 15.6. The molecule has 134 valence electrons. The molecular weight excluding hydrogens is 387 g/mol. The number of rotatable bonds is 6. The van der Waals surface area contributed by atoms with E-state index in [2.05, 4.69) is 9.72 Å². The fourth-order valence-electron chi connectivity index (χ4n) is 2.09. The van der Waals surface area contributed by atoms with Crippen molar-refractivity contribution in [2.45, 2.75) is 13.5 Å². The zero-order valence-corrected chi connectivity index (χ0v) is 15.9. The summed E-state index contributed by atoms with van der Waals surface area (Å²) in [5.41, 5.74) is 1.08. The second kappa shape index (κ2) is 8.03. The molecule has 2 aromatic rings. The standard InChI is InChI=1S/C16H16Cl2N2O4S/c1-3-25(22,23)20(15-7-12(17)6-13(18)8-15)10-14-5-4-11(9-19-14)16(21)24-2/h4-9H,3,10H2,1-2H3. The van der Waals surface area contributed by atoms with Gasteiger partial charge in [0.05, 0.1) is 36.4 Å². The number of esters is 1. The Hall–Kier alpha value is -1.83. The minimum Gasteiger partial charge on any atom is -0.465 e. The van der Waals surface area contributed by atoms with Crippen LogP contribution in [0.15, 0.2) is 36.5 Å². The first-order valence-corrected chi connectivity index (χ1v) is 9.63. The molecule has 0 radical (unpaired) electrons. The molecule has 9 heteroatoms. The maximum Gasteiger partial charge on any atom is 0.339 e. The summed E-state index contributed by atoms with van der Waals surface area (Å²) in [5.74, 6) is -0.615. The van der Waals surface area contributed by atoms with E-state index in [1.165, 1.54) is 41.9 Å². The predicted molar refractivity (Wildman–Crippen MR) is 97.7 cm³/mol. The fraction of sp³-hybridized carbons (Fsp3) is 0.250. The maximum atomic E-state index is 12.5. The molecule has 25 heavy (non-hydrogen) atoms. The van der Waals surface area contributed by atoms with Gasteiger partial charge in [-0.2, -0.15) is 0 Å². The number of carbonyl (C=O) groups excluding carboxylic acids is 1. The molecule has 0 aliphatic heterocycles. The van der Waals surface area contributed by atoms with Crippen molar-refractivity contribution in [3.63, 3.8) is 0 Å². The Balaban J connectivity index is 2.39. The first-order chi connectivity index (χ1) is 11.8. The molecule has 0 N–H and O–H groups in total. The number of pyridine rings is 1. The molecule has 6 nitrogen and oxygen atoms in total. The van der Waals surface area contributed by atoms with E-state index >= 15 is 0 Å². The van der Waals surface area contributed by atoms with Crippen LogP contribution in [0.5, 0.6) is 0 Å². The predicted octanol–water partition coefficient (Wildman–Crippen LogP) is 3.53. The molecule has 2 rings (SSSR count). The lowest BCUT2D eigenvalue weighted by Gasteiger charge is -2.24. The van der Waals surface area contributed by atoms with Crippen LogP contribution in [-0.4, -0.2) is 32.2 Å². The third-order valence-corrected chi connectivity index (χ3v) is 5.56. The zero-order chi connectivity index (χ0) is 18.6. The van der Waals surface area contributed by atoms with E-state index in [-0.39, 0.29) is 17.9 Å². The average molecular weight is 403 g/mol. The molecule has 0 fully saturated rings. The molecule has 0 aliphatic carbocycles. The third-order valence-electron chi connectivity index (χ3n) is 3.39. The molecule has 0 bridgehead atoms. The number of benzene rings is 1. The lowest BCUT2D eigenvalue weighted by molar-refractivity contribution is 0.0600. The Kier molecular flexibility index (Phi) is 6.26. The van der Waals surface area contributed by atoms with E-state index in [0.29, 0.717) is 21.4 Å². The fourth-order valence-corrected chi connectivity index (χ4v) is 3.67. The van der Waals surface area contributed by atoms with Crippen molar-refractivity contribution in [1.29, 1.82) is 0 Å². The molecule has 0 aliphatic rings. The molecule has 1 aromatic carbocycles. The summed E-state index contributed by atoms with van der Waals surface area (Å²) < 4.78 is 30.8. The maximum absolute atomic E-state index is 12.5. The monoisotopic (exact) mass is 402 g/mol. The summed E-state index contributed by atoms with van der Waals surface area (Å²) in [6.45, 7) is 1.52. The summed E-state index contributed by atoms with van der Waals surface area (Å²) in [6.07, 6.45) is 1.34. The van der Waals surface area contributed by atoms with Crippen LogP contribution in [0.25, 0.3) is 0 Å². The first kappa shape index (κ1) is 19.5. The number of hydrogen-bond acceptors (Lipinski definition) is 5. The number of aromatic nitrogens is 1.